The standard InChI is InChI=1S/C16H15NO6S/c1-2-8-24(21)13-9-10-11(23-16(19)20)5-6-17(10)14(13)15(18)12-4-3-7-22-12/h2-4,7,9,11H,1,5-6,8H2,(H,19,20). The lowest BCUT2D eigenvalue weighted by Crippen LogP contribution is -2.12. The van der Waals surface area contributed by atoms with Crippen LogP contribution in [0, 0.1) is 0 Å². The van der Waals surface area contributed by atoms with Gasteiger partial charge in [-0.05, 0) is 18.2 Å². The van der Waals surface area contributed by atoms with Crippen LogP contribution in [-0.2, 0) is 22.1 Å². The van der Waals surface area contributed by atoms with Crippen molar-refractivity contribution in [2.75, 3.05) is 5.75 Å². The Morgan fingerprint density at radius 1 is 1.54 bits per heavy atom. The van der Waals surface area contributed by atoms with Gasteiger partial charge in [-0.15, -0.1) is 6.58 Å². The summed E-state index contributed by atoms with van der Waals surface area (Å²) in [5.41, 5.74) is 0.774. The quantitative estimate of drug-likeness (QED) is 0.489. The summed E-state index contributed by atoms with van der Waals surface area (Å²) < 4.78 is 24.1. The maximum absolute atomic E-state index is 12.8. The number of hydrogen-bond acceptors (Lipinski definition) is 5. The smallest absolute Gasteiger partial charge is 0.461 e. The molecule has 7 nitrogen and oxygen atoms in total. The molecule has 0 bridgehead atoms. The molecular formula is C16H15NO6S. The molecule has 126 valence electrons. The van der Waals surface area contributed by atoms with Crippen LogP contribution in [0.25, 0.3) is 0 Å². The maximum Gasteiger partial charge on any atom is 0.506 e. The Labute approximate surface area is 140 Å². The molecule has 0 fully saturated rings. The first-order chi connectivity index (χ1) is 11.5. The molecule has 2 unspecified atom stereocenters. The Bertz CT molecular complexity index is 820. The van der Waals surface area contributed by atoms with Gasteiger partial charge in [0, 0.05) is 18.7 Å². The van der Waals surface area contributed by atoms with Gasteiger partial charge in [-0.1, -0.05) is 6.08 Å². The molecule has 0 amide bonds. The van der Waals surface area contributed by atoms with Crippen molar-refractivity contribution in [1.29, 1.82) is 0 Å². The van der Waals surface area contributed by atoms with Gasteiger partial charge in [-0.3, -0.25) is 9.00 Å². The van der Waals surface area contributed by atoms with Gasteiger partial charge < -0.3 is 18.8 Å². The van der Waals surface area contributed by atoms with Crippen LogP contribution < -0.4 is 0 Å². The van der Waals surface area contributed by atoms with E-state index in [0.717, 1.165) is 0 Å². The molecule has 24 heavy (non-hydrogen) atoms. The average molecular weight is 349 g/mol. The van der Waals surface area contributed by atoms with Crippen LogP contribution in [0.2, 0.25) is 0 Å². The third-order valence-electron chi connectivity index (χ3n) is 3.76. The second-order valence-electron chi connectivity index (χ2n) is 5.20. The summed E-state index contributed by atoms with van der Waals surface area (Å²) in [6.45, 7) is 3.97. The van der Waals surface area contributed by atoms with Crippen molar-refractivity contribution in [2.24, 2.45) is 0 Å². The predicted molar refractivity (Wildman–Crippen MR) is 84.5 cm³/mol. The highest BCUT2D eigenvalue weighted by Crippen LogP contribution is 2.36. The van der Waals surface area contributed by atoms with Crippen LogP contribution in [0.1, 0.15) is 34.5 Å². The Balaban J connectivity index is 2.09. The number of ketones is 1. The first kappa shape index (κ1) is 16.3. The molecule has 1 aliphatic rings. The zero-order chi connectivity index (χ0) is 17.3. The van der Waals surface area contributed by atoms with Gasteiger partial charge in [0.15, 0.2) is 5.76 Å². The number of ether oxygens (including phenoxy) is 1. The third-order valence-corrected chi connectivity index (χ3v) is 5.10. The molecule has 0 saturated carbocycles. The lowest BCUT2D eigenvalue weighted by atomic mass is 10.2. The van der Waals surface area contributed by atoms with Crippen LogP contribution in [0.15, 0.2) is 46.4 Å². The number of carboxylic acid groups (broad SMARTS) is 1. The van der Waals surface area contributed by atoms with E-state index in [1.807, 2.05) is 0 Å². The lowest BCUT2D eigenvalue weighted by molar-refractivity contribution is 0.0518. The topological polar surface area (TPSA) is 98.7 Å². The Morgan fingerprint density at radius 2 is 2.33 bits per heavy atom. The van der Waals surface area contributed by atoms with Crippen LogP contribution >= 0.6 is 0 Å². The van der Waals surface area contributed by atoms with Crippen LogP contribution in [0.5, 0.6) is 0 Å². The van der Waals surface area contributed by atoms with E-state index >= 15 is 0 Å². The van der Waals surface area contributed by atoms with Gasteiger partial charge in [-0.25, -0.2) is 4.79 Å². The Kier molecular flexibility index (Phi) is 4.39. The summed E-state index contributed by atoms with van der Waals surface area (Å²) >= 11 is 0. The van der Waals surface area contributed by atoms with E-state index < -0.39 is 28.8 Å². The second kappa shape index (κ2) is 6.48. The van der Waals surface area contributed by atoms with E-state index in [4.69, 9.17) is 14.3 Å². The number of hydrogen-bond donors (Lipinski definition) is 1. The fraction of sp³-hybridized carbons (Fsp3) is 0.250. The average Bonchev–Trinajstić information content (AvgIpc) is 3.23. The van der Waals surface area contributed by atoms with Gasteiger partial charge >= 0.3 is 6.16 Å². The molecule has 2 aromatic rings. The number of carbonyl (C=O) groups is 2. The molecule has 2 atom stereocenters. The van der Waals surface area contributed by atoms with Crippen molar-refractivity contribution in [2.45, 2.75) is 24.0 Å². The molecule has 1 aliphatic heterocycles. The minimum atomic E-state index is -1.47. The van der Waals surface area contributed by atoms with Crippen molar-refractivity contribution < 1.29 is 28.1 Å². The zero-order valence-corrected chi connectivity index (χ0v) is 13.5. The van der Waals surface area contributed by atoms with Gasteiger partial charge in [0.05, 0.1) is 27.7 Å². The fourth-order valence-corrected chi connectivity index (χ4v) is 3.88. The van der Waals surface area contributed by atoms with Crippen molar-refractivity contribution in [3.63, 3.8) is 0 Å². The minimum absolute atomic E-state index is 0.135. The normalized spacial score (nSPS) is 17.2. The van der Waals surface area contributed by atoms with Gasteiger partial charge in [0.25, 0.3) is 0 Å². The summed E-state index contributed by atoms with van der Waals surface area (Å²) in [5, 5.41) is 8.84. The first-order valence-corrected chi connectivity index (χ1v) is 8.55. The molecule has 0 spiro atoms. The predicted octanol–water partition coefficient (Wildman–Crippen LogP) is 2.75. The van der Waals surface area contributed by atoms with E-state index in [0.29, 0.717) is 23.6 Å². The van der Waals surface area contributed by atoms with E-state index in [1.54, 1.807) is 16.7 Å². The largest absolute Gasteiger partial charge is 0.506 e. The maximum atomic E-state index is 12.8. The van der Waals surface area contributed by atoms with Gasteiger partial charge in [0.1, 0.15) is 11.8 Å². The monoisotopic (exact) mass is 349 g/mol. The molecule has 8 heteroatoms. The molecule has 1 N–H and O–H groups in total. The molecule has 0 aromatic carbocycles. The number of carbonyl (C=O) groups excluding carboxylic acids is 1. The number of nitrogens with zero attached hydrogens (tertiary/aromatic N) is 1. The third kappa shape index (κ3) is 2.80. The summed E-state index contributed by atoms with van der Waals surface area (Å²) in [7, 11) is -1.47. The molecule has 0 radical (unpaired) electrons. The molecular weight excluding hydrogens is 334 g/mol. The van der Waals surface area contributed by atoms with Crippen molar-refractivity contribution >= 4 is 22.7 Å². The summed E-state index contributed by atoms with van der Waals surface area (Å²) in [6, 6.07) is 4.71. The summed E-state index contributed by atoms with van der Waals surface area (Å²) in [6.07, 6.45) is 1.25. The number of furan rings is 1. The molecule has 3 heterocycles. The van der Waals surface area contributed by atoms with Crippen molar-refractivity contribution in [3.8, 4) is 0 Å². The SMILES string of the molecule is C=CCS(=O)c1cc2n(c1C(=O)c1ccco1)CCC2OC(=O)O. The number of rotatable bonds is 6. The number of fused-ring (bicyclic) bond motifs is 1. The highest BCUT2D eigenvalue weighted by molar-refractivity contribution is 7.85. The highest BCUT2D eigenvalue weighted by atomic mass is 32.2. The molecule has 0 saturated heterocycles. The van der Waals surface area contributed by atoms with Crippen molar-refractivity contribution in [1.82, 2.24) is 4.57 Å². The van der Waals surface area contributed by atoms with E-state index in [2.05, 4.69) is 6.58 Å². The summed E-state index contributed by atoms with van der Waals surface area (Å²) in [5.74, 6) is -0.0724. The van der Waals surface area contributed by atoms with Crippen LogP contribution in [-0.4, -0.2) is 31.6 Å². The van der Waals surface area contributed by atoms with Gasteiger partial charge in [-0.2, -0.15) is 0 Å². The van der Waals surface area contributed by atoms with Crippen LogP contribution in [0.3, 0.4) is 0 Å². The van der Waals surface area contributed by atoms with Gasteiger partial charge in [0.2, 0.25) is 5.78 Å². The number of aromatic nitrogens is 1. The van der Waals surface area contributed by atoms with E-state index in [1.165, 1.54) is 18.4 Å². The Hall–Kier alpha value is -2.61. The van der Waals surface area contributed by atoms with Crippen LogP contribution in [0.4, 0.5) is 4.79 Å². The molecule has 3 rings (SSSR count). The minimum Gasteiger partial charge on any atom is -0.461 e. The van der Waals surface area contributed by atoms with E-state index in [9.17, 15) is 13.8 Å². The zero-order valence-electron chi connectivity index (χ0n) is 12.6. The Morgan fingerprint density at radius 3 is 2.96 bits per heavy atom. The first-order valence-electron chi connectivity index (χ1n) is 7.23. The molecule has 0 aliphatic carbocycles. The fourth-order valence-electron chi connectivity index (χ4n) is 2.81. The van der Waals surface area contributed by atoms with Crippen molar-refractivity contribution in [3.05, 3.63) is 54.3 Å². The molecule has 2 aromatic heterocycles. The summed E-state index contributed by atoms with van der Waals surface area (Å²) in [4.78, 5) is 23.9. The lowest BCUT2D eigenvalue weighted by Gasteiger charge is -2.07. The highest BCUT2D eigenvalue weighted by Gasteiger charge is 2.34. The second-order valence-corrected chi connectivity index (χ2v) is 6.67. The van der Waals surface area contributed by atoms with E-state index in [-0.39, 0.29) is 17.2 Å².